The van der Waals surface area contributed by atoms with E-state index in [0.717, 1.165) is 35.4 Å². The maximum Gasteiger partial charge on any atom is 0.416 e. The van der Waals surface area contributed by atoms with Gasteiger partial charge in [-0.2, -0.15) is 18.2 Å². The molecule has 0 fully saturated rings. The average molecular weight is 711 g/mol. The quantitative estimate of drug-likeness (QED) is 0.151. The van der Waals surface area contributed by atoms with Gasteiger partial charge in [-0.15, -0.1) is 0 Å². The summed E-state index contributed by atoms with van der Waals surface area (Å²) in [7, 11) is 0. The number of carboxylic acid groups (broad SMARTS) is 2. The normalized spacial score (nSPS) is 17.1. The summed E-state index contributed by atoms with van der Waals surface area (Å²) < 4.78 is 60.1. The number of ether oxygens (including phenoxy) is 1. The number of rotatable bonds is 10. The monoisotopic (exact) mass is 710 g/mol. The molecule has 18 heteroatoms. The molecule has 2 atom stereocenters. The van der Waals surface area contributed by atoms with Gasteiger partial charge in [0.15, 0.2) is 5.60 Å². The fourth-order valence-electron chi connectivity index (χ4n) is 5.35. The van der Waals surface area contributed by atoms with E-state index in [1.807, 2.05) is 0 Å². The highest BCUT2D eigenvalue weighted by Gasteiger charge is 2.46. The van der Waals surface area contributed by atoms with Crippen LogP contribution in [0.3, 0.4) is 0 Å². The molecular weight excluding hydrogens is 684 g/mol. The molecular formula is C31H27ClF4N4O9. The molecule has 3 aromatic rings. The summed E-state index contributed by atoms with van der Waals surface area (Å²) in [6.07, 6.45) is -8.55. The molecule has 0 aromatic heterocycles. The summed E-state index contributed by atoms with van der Waals surface area (Å²) in [5.41, 5.74) is -4.77. The fraction of sp³-hybridized carbons (Fsp3) is 0.290. The van der Waals surface area contributed by atoms with Crippen molar-refractivity contribution in [1.82, 2.24) is 0 Å². The maximum absolute atomic E-state index is 14.9. The molecule has 2 heterocycles. The van der Waals surface area contributed by atoms with E-state index in [1.54, 1.807) is 13.8 Å². The summed E-state index contributed by atoms with van der Waals surface area (Å²) in [6, 6.07) is 8.80. The second-order valence-corrected chi connectivity index (χ2v) is 12.3. The van der Waals surface area contributed by atoms with Gasteiger partial charge in [0.2, 0.25) is 6.29 Å². The number of carbonyl (C=O) groups is 4. The molecule has 0 radical (unpaired) electrons. The lowest BCUT2D eigenvalue weighted by Gasteiger charge is -2.29. The zero-order valence-electron chi connectivity index (χ0n) is 25.4. The van der Waals surface area contributed by atoms with Gasteiger partial charge in [-0.05, 0) is 56.3 Å². The number of hydrogen-bond acceptors (Lipinski definition) is 10. The van der Waals surface area contributed by atoms with Crippen LogP contribution in [-0.4, -0.2) is 56.6 Å². The number of benzene rings is 3. The Morgan fingerprint density at radius 3 is 2.37 bits per heavy atom. The van der Waals surface area contributed by atoms with Crippen LogP contribution in [0.5, 0.6) is 5.75 Å². The molecule has 0 saturated heterocycles. The van der Waals surface area contributed by atoms with Gasteiger partial charge < -0.3 is 40.8 Å². The molecule has 3 aromatic carbocycles. The van der Waals surface area contributed by atoms with Crippen molar-refractivity contribution in [2.24, 2.45) is 0 Å². The van der Waals surface area contributed by atoms with Crippen molar-refractivity contribution in [3.05, 3.63) is 76.1 Å². The summed E-state index contributed by atoms with van der Waals surface area (Å²) >= 11 is 6.21. The van der Waals surface area contributed by atoms with Crippen molar-refractivity contribution in [2.45, 2.75) is 56.8 Å². The summed E-state index contributed by atoms with van der Waals surface area (Å²) in [5.74, 6) is -6.70. The van der Waals surface area contributed by atoms with E-state index in [2.05, 4.69) is 16.0 Å². The lowest BCUT2D eigenvalue weighted by Crippen LogP contribution is -2.47. The van der Waals surface area contributed by atoms with E-state index in [4.69, 9.17) is 26.3 Å². The van der Waals surface area contributed by atoms with Crippen molar-refractivity contribution >= 4 is 58.2 Å². The molecule has 13 nitrogen and oxygen atoms in total. The van der Waals surface area contributed by atoms with Gasteiger partial charge >= 0.3 is 24.1 Å². The van der Waals surface area contributed by atoms with Crippen molar-refractivity contribution < 1.29 is 61.6 Å². The van der Waals surface area contributed by atoms with Crippen molar-refractivity contribution in [3.63, 3.8) is 0 Å². The third-order valence-corrected chi connectivity index (χ3v) is 7.83. The van der Waals surface area contributed by atoms with Crippen LogP contribution in [-0.2, 0) is 31.8 Å². The lowest BCUT2D eigenvalue weighted by atomic mass is 9.96. The maximum atomic E-state index is 14.9. The minimum Gasteiger partial charge on any atom is -0.486 e. The van der Waals surface area contributed by atoms with E-state index in [1.165, 1.54) is 18.2 Å². The minimum absolute atomic E-state index is 0.00787. The Labute approximate surface area is 279 Å². The van der Waals surface area contributed by atoms with Crippen LogP contribution in [0.4, 0.5) is 40.3 Å². The Morgan fingerprint density at radius 1 is 1.10 bits per heavy atom. The van der Waals surface area contributed by atoms with Crippen LogP contribution in [0, 0.1) is 5.82 Å². The Kier molecular flexibility index (Phi) is 9.03. The smallest absolute Gasteiger partial charge is 0.416 e. The average Bonchev–Trinajstić information content (AvgIpc) is 3.48. The third kappa shape index (κ3) is 7.26. The van der Waals surface area contributed by atoms with Gasteiger partial charge in [-0.1, -0.05) is 17.7 Å². The largest absolute Gasteiger partial charge is 0.486 e. The highest BCUT2D eigenvalue weighted by Crippen LogP contribution is 2.50. The molecule has 0 aliphatic carbocycles. The standard InChI is InChI=1S/C31H27ClF4N4O9/c1-29(2)11-17-24-20(10-16(25(17)48-29)26(44)37-15-8-6-14(7-9-15)31(34,35)36)38-28(39-23-18(32)4-3-5-19(23)33)40(24)49-22(43)13-30(47,27(45)46)12-21(41)42/h3-10,28,38-39,47H,11-13H2,1-2H3,(H,37,44)(H,41,42)(H,45,46). The molecule has 0 bridgehead atoms. The topological polar surface area (TPSA) is 187 Å². The molecule has 1 amide bonds. The summed E-state index contributed by atoms with van der Waals surface area (Å²) in [6.45, 7) is 3.37. The molecule has 6 N–H and O–H groups in total. The minimum atomic E-state index is -4.59. The number of alkyl halides is 3. The van der Waals surface area contributed by atoms with Crippen molar-refractivity contribution in [2.75, 3.05) is 21.0 Å². The number of amides is 1. The summed E-state index contributed by atoms with van der Waals surface area (Å²) in [5, 5.41) is 38.0. The number of aliphatic carboxylic acids is 2. The predicted octanol–water partition coefficient (Wildman–Crippen LogP) is 5.23. The van der Waals surface area contributed by atoms with Crippen LogP contribution in [0.1, 0.15) is 48.2 Å². The zero-order valence-corrected chi connectivity index (χ0v) is 26.2. The Bertz CT molecular complexity index is 1840. The first-order valence-electron chi connectivity index (χ1n) is 14.3. The Hall–Kier alpha value is -5.29. The van der Waals surface area contributed by atoms with Crippen LogP contribution >= 0.6 is 11.6 Å². The number of aliphatic hydroxyl groups is 1. The zero-order chi connectivity index (χ0) is 36.1. The highest BCUT2D eigenvalue weighted by molar-refractivity contribution is 6.33. The van der Waals surface area contributed by atoms with Gasteiger partial charge in [0.1, 0.15) is 22.9 Å². The van der Waals surface area contributed by atoms with Gasteiger partial charge in [0, 0.05) is 17.7 Å². The lowest BCUT2D eigenvalue weighted by molar-refractivity contribution is -0.172. The van der Waals surface area contributed by atoms with Crippen molar-refractivity contribution in [1.29, 1.82) is 0 Å². The molecule has 2 unspecified atom stereocenters. The second kappa shape index (κ2) is 12.6. The van der Waals surface area contributed by atoms with Gasteiger partial charge in [-0.25, -0.2) is 14.0 Å². The molecule has 5 rings (SSSR count). The van der Waals surface area contributed by atoms with Gasteiger partial charge in [0.25, 0.3) is 5.91 Å². The Morgan fingerprint density at radius 2 is 1.78 bits per heavy atom. The molecule has 49 heavy (non-hydrogen) atoms. The number of anilines is 4. The highest BCUT2D eigenvalue weighted by atomic mass is 35.5. The Balaban J connectivity index is 1.55. The number of carbonyl (C=O) groups excluding carboxylic acids is 2. The van der Waals surface area contributed by atoms with Crippen molar-refractivity contribution in [3.8, 4) is 5.75 Å². The first kappa shape index (κ1) is 35.0. The number of hydroxylamine groups is 1. The number of hydrogen-bond donors (Lipinski definition) is 6. The second-order valence-electron chi connectivity index (χ2n) is 11.9. The van der Waals surface area contributed by atoms with Crippen LogP contribution in [0.15, 0.2) is 48.5 Å². The third-order valence-electron chi connectivity index (χ3n) is 7.51. The number of para-hydroxylation sites is 1. The van der Waals surface area contributed by atoms with E-state index in [9.17, 15) is 47.0 Å². The first-order valence-corrected chi connectivity index (χ1v) is 14.7. The van der Waals surface area contributed by atoms with E-state index >= 15 is 0 Å². The molecule has 2 aliphatic rings. The summed E-state index contributed by atoms with van der Waals surface area (Å²) in [4.78, 5) is 55.1. The number of nitrogens with zero attached hydrogens (tertiary/aromatic N) is 1. The predicted molar refractivity (Wildman–Crippen MR) is 165 cm³/mol. The first-order chi connectivity index (χ1) is 22.8. The van der Waals surface area contributed by atoms with Gasteiger partial charge in [0.05, 0.1) is 40.4 Å². The number of carboxylic acids is 2. The number of halogens is 5. The van der Waals surface area contributed by atoms with Crippen LogP contribution in [0.2, 0.25) is 5.02 Å². The number of fused-ring (bicyclic) bond motifs is 3. The van der Waals surface area contributed by atoms with Crippen LogP contribution < -0.4 is 25.8 Å². The molecule has 0 spiro atoms. The molecule has 2 aliphatic heterocycles. The van der Waals surface area contributed by atoms with E-state index in [0.29, 0.717) is 0 Å². The van der Waals surface area contributed by atoms with Gasteiger partial charge in [-0.3, -0.25) is 9.59 Å². The van der Waals surface area contributed by atoms with Crippen LogP contribution in [0.25, 0.3) is 0 Å². The molecule has 0 saturated carbocycles. The number of nitrogens with one attached hydrogen (secondary N) is 3. The SMILES string of the molecule is CC1(C)Cc2c(c(C(=O)Nc3ccc(C(F)(F)F)cc3)cc3c2N(OC(=O)CC(O)(CC(=O)O)C(=O)O)C(Nc2c(F)cccc2Cl)N3)O1. The van der Waals surface area contributed by atoms with E-state index < -0.39 is 71.7 Å². The fourth-order valence-corrected chi connectivity index (χ4v) is 5.56. The van der Waals surface area contributed by atoms with E-state index in [-0.39, 0.29) is 51.1 Å². The molecule has 260 valence electrons.